The van der Waals surface area contributed by atoms with Crippen LogP contribution in [0.5, 0.6) is 0 Å². The molecule has 0 aliphatic carbocycles. The number of aromatic nitrogens is 1. The van der Waals surface area contributed by atoms with Crippen LogP contribution in [0, 0.1) is 6.92 Å². The van der Waals surface area contributed by atoms with Crippen LogP contribution in [-0.2, 0) is 6.42 Å². The van der Waals surface area contributed by atoms with Crippen molar-refractivity contribution < 1.29 is 0 Å². The molecule has 76 valence electrons. The molecular weight excluding hydrogens is 182 g/mol. The molecule has 0 unspecified atom stereocenters. The van der Waals surface area contributed by atoms with E-state index in [9.17, 15) is 0 Å². The number of pyridine rings is 1. The van der Waals surface area contributed by atoms with Crippen LogP contribution in [0.4, 0.5) is 0 Å². The summed E-state index contributed by atoms with van der Waals surface area (Å²) in [6.45, 7) is 8.00. The molecule has 0 radical (unpaired) electrons. The minimum absolute atomic E-state index is 0.948. The first-order chi connectivity index (χ1) is 7.15. The van der Waals surface area contributed by atoms with Crippen LogP contribution in [0.2, 0.25) is 0 Å². The van der Waals surface area contributed by atoms with Crippen LogP contribution in [0.15, 0.2) is 42.5 Å². The first-order valence-corrected chi connectivity index (χ1v) is 5.16. The number of fused-ring (bicyclic) bond motifs is 1. The van der Waals surface area contributed by atoms with Gasteiger partial charge in [0.05, 0.1) is 5.52 Å². The number of hydrogen-bond acceptors (Lipinski definition) is 1. The summed E-state index contributed by atoms with van der Waals surface area (Å²) in [6, 6.07) is 10.6. The van der Waals surface area contributed by atoms with E-state index >= 15 is 0 Å². The van der Waals surface area contributed by atoms with E-state index in [2.05, 4.69) is 42.8 Å². The van der Waals surface area contributed by atoms with Gasteiger partial charge in [0.2, 0.25) is 0 Å². The highest BCUT2D eigenvalue weighted by atomic mass is 14.7. The third-order valence-corrected chi connectivity index (χ3v) is 2.40. The third kappa shape index (κ3) is 2.24. The van der Waals surface area contributed by atoms with Crippen LogP contribution in [0.3, 0.4) is 0 Å². The van der Waals surface area contributed by atoms with Crippen molar-refractivity contribution >= 4 is 10.9 Å². The van der Waals surface area contributed by atoms with E-state index in [1.54, 1.807) is 0 Å². The van der Waals surface area contributed by atoms with Crippen molar-refractivity contribution in [2.24, 2.45) is 0 Å². The van der Waals surface area contributed by atoms with E-state index in [4.69, 9.17) is 0 Å². The Labute approximate surface area is 90.5 Å². The Bertz CT molecular complexity index is 512. The van der Waals surface area contributed by atoms with E-state index in [1.165, 1.54) is 16.5 Å². The Morgan fingerprint density at radius 3 is 2.80 bits per heavy atom. The minimum Gasteiger partial charge on any atom is -0.253 e. The lowest BCUT2D eigenvalue weighted by Crippen LogP contribution is -1.88. The molecule has 0 N–H and O–H groups in total. The molecule has 2 rings (SSSR count). The van der Waals surface area contributed by atoms with Crippen LogP contribution in [0.25, 0.3) is 10.9 Å². The van der Waals surface area contributed by atoms with E-state index in [0.29, 0.717) is 0 Å². The molecule has 1 heterocycles. The van der Waals surface area contributed by atoms with Gasteiger partial charge in [0, 0.05) is 11.1 Å². The van der Waals surface area contributed by atoms with Gasteiger partial charge < -0.3 is 0 Å². The van der Waals surface area contributed by atoms with Gasteiger partial charge in [-0.3, -0.25) is 4.98 Å². The zero-order valence-electron chi connectivity index (χ0n) is 9.25. The quantitative estimate of drug-likeness (QED) is 0.669. The molecule has 0 spiro atoms. The normalized spacial score (nSPS) is 10.5. The second-order valence-electron chi connectivity index (χ2n) is 4.11. The van der Waals surface area contributed by atoms with Crippen molar-refractivity contribution in [2.75, 3.05) is 0 Å². The maximum Gasteiger partial charge on any atom is 0.0705 e. The fourth-order valence-corrected chi connectivity index (χ4v) is 1.74. The summed E-state index contributed by atoms with van der Waals surface area (Å²) in [5, 5.41) is 1.21. The Morgan fingerprint density at radius 1 is 1.27 bits per heavy atom. The number of allylic oxidation sites excluding steroid dienone is 1. The molecule has 1 nitrogen and oxygen atoms in total. The van der Waals surface area contributed by atoms with Gasteiger partial charge in [-0.05, 0) is 44.0 Å². The molecule has 0 saturated carbocycles. The van der Waals surface area contributed by atoms with E-state index in [0.717, 1.165) is 17.6 Å². The number of benzene rings is 1. The molecule has 1 aromatic carbocycles. The molecule has 0 bridgehead atoms. The van der Waals surface area contributed by atoms with Crippen molar-refractivity contribution in [3.63, 3.8) is 0 Å². The maximum absolute atomic E-state index is 4.47. The van der Waals surface area contributed by atoms with Gasteiger partial charge in [0.25, 0.3) is 0 Å². The van der Waals surface area contributed by atoms with E-state index in [-0.39, 0.29) is 0 Å². The molecule has 2 aromatic rings. The van der Waals surface area contributed by atoms with Gasteiger partial charge in [-0.1, -0.05) is 24.3 Å². The van der Waals surface area contributed by atoms with Crippen LogP contribution < -0.4 is 0 Å². The molecular formula is C14H15N. The van der Waals surface area contributed by atoms with Crippen molar-refractivity contribution in [3.05, 3.63) is 53.7 Å². The molecule has 0 fully saturated rings. The van der Waals surface area contributed by atoms with E-state index in [1.807, 2.05) is 13.0 Å². The Morgan fingerprint density at radius 2 is 2.07 bits per heavy atom. The maximum atomic E-state index is 4.47. The Kier molecular flexibility index (Phi) is 2.55. The summed E-state index contributed by atoms with van der Waals surface area (Å²) >= 11 is 0. The molecule has 0 atom stereocenters. The summed E-state index contributed by atoms with van der Waals surface area (Å²) in [7, 11) is 0. The summed E-state index contributed by atoms with van der Waals surface area (Å²) in [4.78, 5) is 4.47. The van der Waals surface area contributed by atoms with E-state index < -0.39 is 0 Å². The summed E-state index contributed by atoms with van der Waals surface area (Å²) < 4.78 is 0. The Hall–Kier alpha value is -1.63. The summed E-state index contributed by atoms with van der Waals surface area (Å²) in [5.41, 5.74) is 4.63. The standard InChI is InChI=1S/C14H15N/c1-10(2)8-12-5-7-14-13(9-12)6-4-11(3)15-14/h4-7,9H,1,8H2,2-3H3. The highest BCUT2D eigenvalue weighted by Gasteiger charge is 1.98. The van der Waals surface area contributed by atoms with Gasteiger partial charge in [0.15, 0.2) is 0 Å². The van der Waals surface area contributed by atoms with Crippen molar-refractivity contribution in [3.8, 4) is 0 Å². The van der Waals surface area contributed by atoms with Crippen molar-refractivity contribution in [2.45, 2.75) is 20.3 Å². The minimum atomic E-state index is 0.948. The van der Waals surface area contributed by atoms with Gasteiger partial charge in [-0.2, -0.15) is 0 Å². The smallest absolute Gasteiger partial charge is 0.0705 e. The number of aryl methyl sites for hydroxylation is 1. The third-order valence-electron chi connectivity index (χ3n) is 2.40. The highest BCUT2D eigenvalue weighted by molar-refractivity contribution is 5.79. The molecule has 15 heavy (non-hydrogen) atoms. The van der Waals surface area contributed by atoms with Crippen molar-refractivity contribution in [1.82, 2.24) is 4.98 Å². The Balaban J connectivity index is 2.47. The molecule has 0 aliphatic heterocycles. The highest BCUT2D eigenvalue weighted by Crippen LogP contribution is 2.16. The van der Waals surface area contributed by atoms with Gasteiger partial charge in [-0.15, -0.1) is 0 Å². The van der Waals surface area contributed by atoms with Crippen molar-refractivity contribution in [1.29, 1.82) is 0 Å². The zero-order chi connectivity index (χ0) is 10.8. The molecule has 0 saturated heterocycles. The SMILES string of the molecule is C=C(C)Cc1ccc2nc(C)ccc2c1. The second-order valence-corrected chi connectivity index (χ2v) is 4.11. The number of rotatable bonds is 2. The molecule has 1 heteroatoms. The molecule has 0 amide bonds. The zero-order valence-corrected chi connectivity index (χ0v) is 9.25. The monoisotopic (exact) mass is 197 g/mol. The average Bonchev–Trinajstić information content (AvgIpc) is 2.17. The first-order valence-electron chi connectivity index (χ1n) is 5.16. The summed E-state index contributed by atoms with van der Waals surface area (Å²) in [5.74, 6) is 0. The largest absolute Gasteiger partial charge is 0.253 e. The topological polar surface area (TPSA) is 12.9 Å². The van der Waals surface area contributed by atoms with Gasteiger partial charge >= 0.3 is 0 Å². The predicted molar refractivity (Wildman–Crippen MR) is 65.0 cm³/mol. The second kappa shape index (κ2) is 3.85. The fourth-order valence-electron chi connectivity index (χ4n) is 1.74. The molecule has 1 aromatic heterocycles. The van der Waals surface area contributed by atoms with Gasteiger partial charge in [-0.25, -0.2) is 0 Å². The number of hydrogen-bond donors (Lipinski definition) is 0. The van der Waals surface area contributed by atoms with Crippen LogP contribution in [0.1, 0.15) is 18.2 Å². The predicted octanol–water partition coefficient (Wildman–Crippen LogP) is 3.66. The van der Waals surface area contributed by atoms with Crippen LogP contribution >= 0.6 is 0 Å². The molecule has 0 aliphatic rings. The lowest BCUT2D eigenvalue weighted by molar-refractivity contribution is 1.16. The lowest BCUT2D eigenvalue weighted by atomic mass is 10.0. The number of nitrogens with zero attached hydrogens (tertiary/aromatic N) is 1. The van der Waals surface area contributed by atoms with Gasteiger partial charge in [0.1, 0.15) is 0 Å². The fraction of sp³-hybridized carbons (Fsp3) is 0.214. The summed E-state index contributed by atoms with van der Waals surface area (Å²) in [6.07, 6.45) is 0.948. The average molecular weight is 197 g/mol. The lowest BCUT2D eigenvalue weighted by Gasteiger charge is -2.03. The first kappa shape index (κ1) is 9.91. The van der Waals surface area contributed by atoms with Crippen LogP contribution in [-0.4, -0.2) is 4.98 Å².